The Kier molecular flexibility index (Phi) is 3.77. The lowest BCUT2D eigenvalue weighted by Crippen LogP contribution is -2.48. The van der Waals surface area contributed by atoms with Gasteiger partial charge in [0.25, 0.3) is 0 Å². The molecule has 0 saturated carbocycles. The van der Waals surface area contributed by atoms with Crippen LogP contribution in [0, 0.1) is 16.7 Å². The van der Waals surface area contributed by atoms with Crippen LogP contribution in [-0.2, 0) is 9.53 Å². The zero-order valence-electron chi connectivity index (χ0n) is 12.7. The number of carbonyl (C=O) groups excluding carboxylic acids is 1. The quantitative estimate of drug-likeness (QED) is 0.766. The number of hydrogen-bond donors (Lipinski definition) is 2. The van der Waals surface area contributed by atoms with E-state index in [2.05, 4.69) is 29.4 Å². The Morgan fingerprint density at radius 2 is 2.35 bits per heavy atom. The zero-order valence-corrected chi connectivity index (χ0v) is 12.7. The molecule has 5 nitrogen and oxygen atoms in total. The van der Waals surface area contributed by atoms with Crippen molar-refractivity contribution < 1.29 is 9.53 Å². The van der Waals surface area contributed by atoms with Crippen molar-refractivity contribution in [1.29, 1.82) is 0 Å². The molecule has 0 radical (unpaired) electrons. The van der Waals surface area contributed by atoms with Crippen LogP contribution in [0.25, 0.3) is 0 Å². The van der Waals surface area contributed by atoms with Gasteiger partial charge in [-0.25, -0.2) is 0 Å². The van der Waals surface area contributed by atoms with Crippen molar-refractivity contribution in [3.05, 3.63) is 0 Å². The van der Waals surface area contributed by atoms with Crippen LogP contribution in [0.4, 0.5) is 0 Å². The van der Waals surface area contributed by atoms with Crippen molar-refractivity contribution in [2.45, 2.75) is 20.3 Å². The highest BCUT2D eigenvalue weighted by Gasteiger charge is 2.52. The van der Waals surface area contributed by atoms with Crippen molar-refractivity contribution in [2.24, 2.45) is 16.7 Å². The SMILES string of the molecule is CC1(C)CCN(CCNC(=O)[C@]23CNC[C@H]2COC3)C1. The molecule has 20 heavy (non-hydrogen) atoms. The van der Waals surface area contributed by atoms with Crippen molar-refractivity contribution in [3.8, 4) is 0 Å². The van der Waals surface area contributed by atoms with Crippen LogP contribution in [0.5, 0.6) is 0 Å². The van der Waals surface area contributed by atoms with Gasteiger partial charge in [0, 0.05) is 38.6 Å². The summed E-state index contributed by atoms with van der Waals surface area (Å²) in [6.45, 7) is 11.6. The van der Waals surface area contributed by atoms with E-state index in [-0.39, 0.29) is 11.3 Å². The second-order valence-electron chi connectivity index (χ2n) is 7.45. The minimum absolute atomic E-state index is 0.184. The molecule has 3 fully saturated rings. The standard InChI is InChI=1S/C15H27N3O2/c1-14(2)3-5-18(10-14)6-4-17-13(19)15-9-16-7-12(15)8-20-11-15/h12,16H,3-11H2,1-2H3,(H,17,19)/t12-,15-/m0/s1. The molecular formula is C15H27N3O2. The lowest BCUT2D eigenvalue weighted by atomic mass is 9.80. The maximum Gasteiger partial charge on any atom is 0.230 e. The maximum absolute atomic E-state index is 12.5. The number of nitrogens with zero attached hydrogens (tertiary/aromatic N) is 1. The Hall–Kier alpha value is -0.650. The van der Waals surface area contributed by atoms with Gasteiger partial charge >= 0.3 is 0 Å². The Bertz CT molecular complexity index is 373. The van der Waals surface area contributed by atoms with Crippen LogP contribution >= 0.6 is 0 Å². The Labute approximate surface area is 121 Å². The molecule has 2 atom stereocenters. The average molecular weight is 281 g/mol. The molecule has 0 aromatic rings. The number of amides is 1. The molecule has 0 unspecified atom stereocenters. The van der Waals surface area contributed by atoms with Crippen molar-refractivity contribution >= 4 is 5.91 Å². The molecule has 114 valence electrons. The first-order valence-corrected chi connectivity index (χ1v) is 7.81. The summed E-state index contributed by atoms with van der Waals surface area (Å²) in [7, 11) is 0. The molecule has 3 heterocycles. The molecule has 3 aliphatic heterocycles. The van der Waals surface area contributed by atoms with Gasteiger partial charge in [0.2, 0.25) is 5.91 Å². The molecule has 3 saturated heterocycles. The second-order valence-corrected chi connectivity index (χ2v) is 7.45. The molecule has 0 aromatic heterocycles. The molecule has 0 spiro atoms. The third-order valence-electron chi connectivity index (χ3n) is 5.21. The van der Waals surface area contributed by atoms with Gasteiger partial charge in [0.1, 0.15) is 0 Å². The molecule has 0 aliphatic carbocycles. The normalized spacial score (nSPS) is 36.2. The molecular weight excluding hydrogens is 254 g/mol. The summed E-state index contributed by atoms with van der Waals surface area (Å²) in [5, 5.41) is 6.48. The van der Waals surface area contributed by atoms with Crippen molar-refractivity contribution in [3.63, 3.8) is 0 Å². The van der Waals surface area contributed by atoms with Gasteiger partial charge in [0.15, 0.2) is 0 Å². The average Bonchev–Trinajstić information content (AvgIpc) is 3.02. The van der Waals surface area contributed by atoms with E-state index in [1.54, 1.807) is 0 Å². The molecule has 0 bridgehead atoms. The molecule has 0 aromatic carbocycles. The fourth-order valence-electron chi connectivity index (χ4n) is 3.83. The Morgan fingerprint density at radius 3 is 3.10 bits per heavy atom. The summed E-state index contributed by atoms with van der Waals surface area (Å²) >= 11 is 0. The van der Waals surface area contributed by atoms with E-state index in [1.165, 1.54) is 6.42 Å². The van der Waals surface area contributed by atoms with Crippen LogP contribution in [0.1, 0.15) is 20.3 Å². The van der Waals surface area contributed by atoms with Gasteiger partial charge in [-0.3, -0.25) is 4.79 Å². The predicted molar refractivity (Wildman–Crippen MR) is 77.5 cm³/mol. The van der Waals surface area contributed by atoms with E-state index >= 15 is 0 Å². The van der Waals surface area contributed by atoms with E-state index in [1.807, 2.05) is 0 Å². The second kappa shape index (κ2) is 5.28. The van der Waals surface area contributed by atoms with Crippen molar-refractivity contribution in [2.75, 3.05) is 52.5 Å². The van der Waals surface area contributed by atoms with E-state index in [4.69, 9.17) is 4.74 Å². The topological polar surface area (TPSA) is 53.6 Å². The highest BCUT2D eigenvalue weighted by atomic mass is 16.5. The number of likely N-dealkylation sites (tertiary alicyclic amines) is 1. The van der Waals surface area contributed by atoms with Gasteiger partial charge in [-0.15, -0.1) is 0 Å². The number of carbonyl (C=O) groups is 1. The smallest absolute Gasteiger partial charge is 0.230 e. The lowest BCUT2D eigenvalue weighted by Gasteiger charge is -2.26. The summed E-state index contributed by atoms with van der Waals surface area (Å²) in [5.74, 6) is 0.539. The Balaban J connectivity index is 1.46. The highest BCUT2D eigenvalue weighted by molar-refractivity contribution is 5.84. The van der Waals surface area contributed by atoms with Gasteiger partial charge in [-0.2, -0.15) is 0 Å². The minimum Gasteiger partial charge on any atom is -0.380 e. The first kappa shape index (κ1) is 14.3. The third-order valence-corrected chi connectivity index (χ3v) is 5.21. The van der Waals surface area contributed by atoms with Crippen LogP contribution in [0.3, 0.4) is 0 Å². The molecule has 1 amide bonds. The van der Waals surface area contributed by atoms with Gasteiger partial charge in [0.05, 0.1) is 18.6 Å². The van der Waals surface area contributed by atoms with Gasteiger partial charge < -0.3 is 20.3 Å². The first-order valence-electron chi connectivity index (χ1n) is 7.81. The fraction of sp³-hybridized carbons (Fsp3) is 0.933. The number of rotatable bonds is 4. The van der Waals surface area contributed by atoms with E-state index in [0.29, 0.717) is 17.9 Å². The molecule has 5 heteroatoms. The van der Waals surface area contributed by atoms with E-state index in [9.17, 15) is 4.79 Å². The monoisotopic (exact) mass is 281 g/mol. The summed E-state index contributed by atoms with van der Waals surface area (Å²) in [6.07, 6.45) is 1.25. The maximum atomic E-state index is 12.5. The van der Waals surface area contributed by atoms with Gasteiger partial charge in [-0.1, -0.05) is 13.8 Å². The fourth-order valence-corrected chi connectivity index (χ4v) is 3.83. The number of nitrogens with one attached hydrogen (secondary N) is 2. The number of ether oxygens (including phenoxy) is 1. The number of fused-ring (bicyclic) bond motifs is 1. The Morgan fingerprint density at radius 1 is 1.50 bits per heavy atom. The van der Waals surface area contributed by atoms with Crippen LogP contribution < -0.4 is 10.6 Å². The highest BCUT2D eigenvalue weighted by Crippen LogP contribution is 2.37. The summed E-state index contributed by atoms with van der Waals surface area (Å²) < 4.78 is 5.53. The van der Waals surface area contributed by atoms with Crippen LogP contribution in [-0.4, -0.2) is 63.3 Å². The predicted octanol–water partition coefficient (Wildman–Crippen LogP) is 0.0705. The van der Waals surface area contributed by atoms with Gasteiger partial charge in [-0.05, 0) is 18.4 Å². The largest absolute Gasteiger partial charge is 0.380 e. The summed E-state index contributed by atoms with van der Waals surface area (Å²) in [6, 6.07) is 0. The first-order chi connectivity index (χ1) is 9.52. The lowest BCUT2D eigenvalue weighted by molar-refractivity contribution is -0.131. The van der Waals surface area contributed by atoms with Crippen molar-refractivity contribution in [1.82, 2.24) is 15.5 Å². The molecule has 3 rings (SSSR count). The summed E-state index contributed by atoms with van der Waals surface area (Å²) in [5.41, 5.74) is 0.132. The minimum atomic E-state index is -0.301. The third kappa shape index (κ3) is 2.59. The van der Waals surface area contributed by atoms with Crippen LogP contribution in [0.15, 0.2) is 0 Å². The number of hydrogen-bond acceptors (Lipinski definition) is 4. The summed E-state index contributed by atoms with van der Waals surface area (Å²) in [4.78, 5) is 15.0. The molecule has 2 N–H and O–H groups in total. The van der Waals surface area contributed by atoms with E-state index in [0.717, 1.165) is 45.9 Å². The van der Waals surface area contributed by atoms with Crippen LogP contribution in [0.2, 0.25) is 0 Å². The molecule has 3 aliphatic rings. The zero-order chi connectivity index (χ0) is 14.2. The van der Waals surface area contributed by atoms with E-state index < -0.39 is 0 Å².